The number of amides is 1. The van der Waals surface area contributed by atoms with Crippen molar-refractivity contribution in [1.82, 2.24) is 19.7 Å². The summed E-state index contributed by atoms with van der Waals surface area (Å²) in [5.74, 6) is 1.26. The van der Waals surface area contributed by atoms with Crippen LogP contribution in [-0.2, 0) is 27.6 Å². The third-order valence-corrected chi connectivity index (χ3v) is 9.36. The van der Waals surface area contributed by atoms with Crippen LogP contribution in [0.1, 0.15) is 51.7 Å². The van der Waals surface area contributed by atoms with Gasteiger partial charge in [0, 0.05) is 27.9 Å². The number of piperidine rings is 1. The molecule has 0 spiro atoms. The van der Waals surface area contributed by atoms with Gasteiger partial charge in [0.15, 0.2) is 0 Å². The Bertz CT molecular complexity index is 1570. The van der Waals surface area contributed by atoms with Crippen LogP contribution in [0.3, 0.4) is 0 Å². The molecule has 9 heteroatoms. The molecule has 4 aromatic rings. The molecule has 216 valence electrons. The third-order valence-electron chi connectivity index (χ3n) is 7.57. The number of likely N-dealkylation sites (tertiary alicyclic amines) is 1. The molecule has 0 aliphatic carbocycles. The van der Waals surface area contributed by atoms with Crippen LogP contribution in [0.2, 0.25) is 0 Å². The normalized spacial score (nSPS) is 15.6. The van der Waals surface area contributed by atoms with Gasteiger partial charge in [0.05, 0.1) is 40.2 Å². The van der Waals surface area contributed by atoms with Crippen molar-refractivity contribution in [2.75, 3.05) is 25.0 Å². The molecule has 1 atom stereocenters. The quantitative estimate of drug-likeness (QED) is 0.276. The van der Waals surface area contributed by atoms with Gasteiger partial charge in [-0.3, -0.25) is 18.7 Å². The number of benzene rings is 2. The molecule has 2 aromatic carbocycles. The van der Waals surface area contributed by atoms with Gasteiger partial charge in [-0.25, -0.2) is 0 Å². The standard InChI is InChI=1S/C32H39N5O3S/c1-6-36-15-12-25(13-16-36)41(39)26-8-9-28-27(19-26)30(11-14-33-28)40-29-10-7-23(17-22(29)2)18-31(38)35-24-20-34-37(21-24)32(3,4)5/h7-11,14,17,19-21,25H,6,12-13,15-16,18H2,1-5H3,(H,35,38). The minimum Gasteiger partial charge on any atom is -0.456 e. The molecule has 1 saturated heterocycles. The number of pyridine rings is 1. The zero-order valence-electron chi connectivity index (χ0n) is 24.5. The minimum atomic E-state index is -1.08. The van der Waals surface area contributed by atoms with Gasteiger partial charge in [-0.05, 0) is 102 Å². The van der Waals surface area contributed by atoms with E-state index in [1.54, 1.807) is 12.4 Å². The second-order valence-electron chi connectivity index (χ2n) is 11.7. The van der Waals surface area contributed by atoms with Gasteiger partial charge < -0.3 is 15.0 Å². The molecule has 1 amide bonds. The Morgan fingerprint density at radius 3 is 2.56 bits per heavy atom. The summed E-state index contributed by atoms with van der Waals surface area (Å²) in [5, 5.41) is 8.27. The Balaban J connectivity index is 1.28. The molecule has 1 N–H and O–H groups in total. The summed E-state index contributed by atoms with van der Waals surface area (Å²) < 4.78 is 21.6. The molecule has 1 fully saturated rings. The zero-order valence-corrected chi connectivity index (χ0v) is 25.3. The monoisotopic (exact) mass is 573 g/mol. The van der Waals surface area contributed by atoms with E-state index in [2.05, 4.69) is 48.0 Å². The van der Waals surface area contributed by atoms with E-state index >= 15 is 0 Å². The molecule has 3 heterocycles. The Kier molecular flexibility index (Phi) is 8.56. The van der Waals surface area contributed by atoms with Crippen LogP contribution in [0.5, 0.6) is 11.5 Å². The number of anilines is 1. The van der Waals surface area contributed by atoms with Gasteiger partial charge in [-0.2, -0.15) is 5.10 Å². The highest BCUT2D eigenvalue weighted by atomic mass is 32.2. The van der Waals surface area contributed by atoms with Crippen molar-refractivity contribution in [1.29, 1.82) is 0 Å². The number of carbonyl (C=O) groups is 1. The van der Waals surface area contributed by atoms with Gasteiger partial charge >= 0.3 is 0 Å². The van der Waals surface area contributed by atoms with E-state index < -0.39 is 10.8 Å². The van der Waals surface area contributed by atoms with Gasteiger partial charge in [0.1, 0.15) is 11.5 Å². The summed E-state index contributed by atoms with van der Waals surface area (Å²) in [4.78, 5) is 20.4. The maximum atomic E-state index is 13.4. The molecule has 0 bridgehead atoms. The number of carbonyl (C=O) groups excluding carboxylic acids is 1. The maximum absolute atomic E-state index is 13.4. The van der Waals surface area contributed by atoms with Crippen molar-refractivity contribution in [3.8, 4) is 11.5 Å². The van der Waals surface area contributed by atoms with Gasteiger partial charge in [0.25, 0.3) is 0 Å². The van der Waals surface area contributed by atoms with Crippen LogP contribution in [0, 0.1) is 6.92 Å². The Morgan fingerprint density at radius 1 is 1.10 bits per heavy atom. The number of nitrogens with zero attached hydrogens (tertiary/aromatic N) is 4. The van der Waals surface area contributed by atoms with Crippen LogP contribution in [-0.4, -0.2) is 54.7 Å². The SMILES string of the molecule is CCN1CCC(S(=O)c2ccc3nccc(Oc4ccc(CC(=O)Nc5cnn(C(C)(C)C)c5)cc4C)c3c2)CC1. The zero-order chi connectivity index (χ0) is 29.1. The number of fused-ring (bicyclic) bond motifs is 1. The first kappa shape index (κ1) is 29.0. The Hall–Kier alpha value is -3.56. The molecule has 41 heavy (non-hydrogen) atoms. The molecule has 0 radical (unpaired) electrons. The Labute approximate surface area is 244 Å². The number of ether oxygens (including phenoxy) is 1. The molecule has 8 nitrogen and oxygen atoms in total. The lowest BCUT2D eigenvalue weighted by Gasteiger charge is -2.30. The largest absolute Gasteiger partial charge is 0.456 e. The van der Waals surface area contributed by atoms with Gasteiger partial charge in [-0.1, -0.05) is 19.1 Å². The van der Waals surface area contributed by atoms with Crippen LogP contribution < -0.4 is 10.1 Å². The fraction of sp³-hybridized carbons (Fsp3) is 0.406. The van der Waals surface area contributed by atoms with Gasteiger partial charge in [0.2, 0.25) is 5.91 Å². The molecular formula is C32H39N5O3S. The van der Waals surface area contributed by atoms with Crippen LogP contribution in [0.4, 0.5) is 5.69 Å². The van der Waals surface area contributed by atoms with Crippen molar-refractivity contribution in [2.45, 2.75) is 69.6 Å². The number of nitrogens with one attached hydrogen (secondary N) is 1. The van der Waals surface area contributed by atoms with Gasteiger partial charge in [-0.15, -0.1) is 0 Å². The maximum Gasteiger partial charge on any atom is 0.228 e. The first-order valence-corrected chi connectivity index (χ1v) is 15.5. The minimum absolute atomic E-state index is 0.104. The van der Waals surface area contributed by atoms with E-state index in [1.165, 1.54) is 0 Å². The molecule has 0 saturated carbocycles. The molecule has 1 aliphatic rings. The van der Waals surface area contributed by atoms with Crippen LogP contribution >= 0.6 is 0 Å². The predicted molar refractivity (Wildman–Crippen MR) is 164 cm³/mol. The summed E-state index contributed by atoms with van der Waals surface area (Å²) in [6.07, 6.45) is 7.37. The van der Waals surface area contributed by atoms with E-state index in [-0.39, 0.29) is 23.1 Å². The fourth-order valence-corrected chi connectivity index (χ4v) is 6.61. The van der Waals surface area contributed by atoms with E-state index in [9.17, 15) is 9.00 Å². The van der Waals surface area contributed by atoms with E-state index in [0.29, 0.717) is 17.2 Å². The van der Waals surface area contributed by atoms with E-state index in [0.717, 1.165) is 59.4 Å². The van der Waals surface area contributed by atoms with Crippen molar-refractivity contribution in [2.24, 2.45) is 0 Å². The highest BCUT2D eigenvalue weighted by Gasteiger charge is 2.24. The third kappa shape index (κ3) is 6.85. The van der Waals surface area contributed by atoms with Crippen LogP contribution in [0.15, 0.2) is 66.0 Å². The number of aromatic nitrogens is 3. The summed E-state index contributed by atoms with van der Waals surface area (Å²) >= 11 is 0. The first-order chi connectivity index (χ1) is 19.6. The van der Waals surface area contributed by atoms with E-state index in [1.807, 2.05) is 60.3 Å². The molecule has 2 aromatic heterocycles. The van der Waals surface area contributed by atoms with Crippen LogP contribution in [0.25, 0.3) is 10.9 Å². The average Bonchev–Trinajstić information content (AvgIpc) is 3.43. The van der Waals surface area contributed by atoms with E-state index in [4.69, 9.17) is 4.74 Å². The average molecular weight is 574 g/mol. The lowest BCUT2D eigenvalue weighted by atomic mass is 10.1. The summed E-state index contributed by atoms with van der Waals surface area (Å²) in [5.41, 5.74) is 3.13. The first-order valence-electron chi connectivity index (χ1n) is 14.2. The van der Waals surface area contributed by atoms with Crippen molar-refractivity contribution < 1.29 is 13.7 Å². The second kappa shape index (κ2) is 12.1. The smallest absolute Gasteiger partial charge is 0.228 e. The summed E-state index contributed by atoms with van der Waals surface area (Å²) in [6, 6.07) is 13.4. The summed E-state index contributed by atoms with van der Waals surface area (Å²) in [6.45, 7) is 13.4. The predicted octanol–water partition coefficient (Wildman–Crippen LogP) is 6.06. The molecular weight excluding hydrogens is 534 g/mol. The number of rotatable bonds is 8. The lowest BCUT2D eigenvalue weighted by molar-refractivity contribution is -0.115. The highest BCUT2D eigenvalue weighted by molar-refractivity contribution is 7.85. The molecule has 5 rings (SSSR count). The molecule has 1 unspecified atom stereocenters. The Morgan fingerprint density at radius 2 is 1.88 bits per heavy atom. The van der Waals surface area contributed by atoms with Crippen molar-refractivity contribution in [3.63, 3.8) is 0 Å². The second-order valence-corrected chi connectivity index (χ2v) is 13.4. The number of aryl methyl sites for hydroxylation is 1. The number of hydrogen-bond donors (Lipinski definition) is 1. The number of hydrogen-bond acceptors (Lipinski definition) is 6. The fourth-order valence-electron chi connectivity index (χ4n) is 5.15. The lowest BCUT2D eigenvalue weighted by Crippen LogP contribution is -2.37. The topological polar surface area (TPSA) is 89.3 Å². The summed E-state index contributed by atoms with van der Waals surface area (Å²) in [7, 11) is -1.08. The molecule has 1 aliphatic heterocycles. The van der Waals surface area contributed by atoms with Crippen molar-refractivity contribution in [3.05, 3.63) is 72.2 Å². The van der Waals surface area contributed by atoms with Crippen molar-refractivity contribution >= 4 is 33.3 Å². The highest BCUT2D eigenvalue weighted by Crippen LogP contribution is 2.33.